The third-order valence-corrected chi connectivity index (χ3v) is 12.5. The number of nitrogens with one attached hydrogen (secondary N) is 1. The number of para-hydroxylation sites is 1. The van der Waals surface area contributed by atoms with E-state index in [1.165, 1.54) is 10.8 Å². The minimum Gasteiger partial charge on any atom is -0.457 e. The van der Waals surface area contributed by atoms with Crippen molar-refractivity contribution in [3.05, 3.63) is 93.3 Å². The van der Waals surface area contributed by atoms with E-state index in [-0.39, 0.29) is 38.0 Å². The summed E-state index contributed by atoms with van der Waals surface area (Å²) in [7, 11) is -2.17. The summed E-state index contributed by atoms with van der Waals surface area (Å²) >= 11 is 0. The van der Waals surface area contributed by atoms with E-state index in [1.807, 2.05) is 24.3 Å². The topological polar surface area (TPSA) is 126 Å². The number of benzene rings is 2. The third-order valence-electron chi connectivity index (χ3n) is 9.24. The average molecular weight is 682 g/mol. The fourth-order valence-electron chi connectivity index (χ4n) is 7.14. The number of carbonyl (C=O) groups is 3. The Kier molecular flexibility index (Phi) is 8.99. The van der Waals surface area contributed by atoms with E-state index in [2.05, 4.69) is 48.7 Å². The molecule has 0 bridgehead atoms. The summed E-state index contributed by atoms with van der Waals surface area (Å²) in [4.78, 5) is 58.1. The SMILES string of the molecule is CCC1(OC(=O)CCCNC(=O)OC(C)(C)C)C(=O)OCc2c1cc1n(c2=O)Cc2c-1nc1ccccc1c2[Si](C)(C)Cc1ccccc1. The molecule has 1 unspecified atom stereocenters. The molecule has 1 N–H and O–H groups in total. The molecule has 0 saturated heterocycles. The summed E-state index contributed by atoms with van der Waals surface area (Å²) in [5, 5.41) is 4.98. The molecule has 256 valence electrons. The first-order valence-electron chi connectivity index (χ1n) is 16.8. The summed E-state index contributed by atoms with van der Waals surface area (Å²) in [5.74, 6) is -1.35. The number of pyridine rings is 2. The van der Waals surface area contributed by atoms with Crippen LogP contribution in [0.3, 0.4) is 0 Å². The number of esters is 2. The predicted molar refractivity (Wildman–Crippen MR) is 189 cm³/mol. The molecule has 0 radical (unpaired) electrons. The highest BCUT2D eigenvalue weighted by Crippen LogP contribution is 2.41. The Balaban J connectivity index is 1.36. The van der Waals surface area contributed by atoms with Crippen LogP contribution < -0.4 is 16.1 Å². The van der Waals surface area contributed by atoms with E-state index < -0.39 is 37.3 Å². The molecule has 0 aliphatic carbocycles. The van der Waals surface area contributed by atoms with Crippen LogP contribution in [0.25, 0.3) is 22.3 Å². The summed E-state index contributed by atoms with van der Waals surface area (Å²) in [6.45, 7) is 12.1. The van der Waals surface area contributed by atoms with Crippen molar-refractivity contribution in [2.45, 2.75) is 90.4 Å². The van der Waals surface area contributed by atoms with Gasteiger partial charge in [-0.1, -0.05) is 74.1 Å². The number of ether oxygens (including phenoxy) is 3. The second-order valence-electron chi connectivity index (χ2n) is 14.5. The molecule has 49 heavy (non-hydrogen) atoms. The molecule has 4 heterocycles. The lowest BCUT2D eigenvalue weighted by Gasteiger charge is -2.35. The van der Waals surface area contributed by atoms with Crippen molar-refractivity contribution in [2.75, 3.05) is 6.54 Å². The summed E-state index contributed by atoms with van der Waals surface area (Å²) in [6.07, 6.45) is -0.307. The maximum Gasteiger partial charge on any atom is 0.407 e. The van der Waals surface area contributed by atoms with Crippen molar-refractivity contribution in [3.8, 4) is 11.4 Å². The molecule has 2 aliphatic rings. The number of hydrogen-bond acceptors (Lipinski definition) is 8. The molecule has 10 nitrogen and oxygen atoms in total. The number of fused-ring (bicyclic) bond motifs is 5. The fraction of sp³-hybridized carbons (Fsp3) is 0.395. The van der Waals surface area contributed by atoms with E-state index >= 15 is 0 Å². The van der Waals surface area contributed by atoms with Crippen LogP contribution in [-0.4, -0.2) is 47.8 Å². The van der Waals surface area contributed by atoms with Crippen LogP contribution in [0.4, 0.5) is 4.79 Å². The van der Waals surface area contributed by atoms with Crippen LogP contribution in [0.15, 0.2) is 65.5 Å². The smallest absolute Gasteiger partial charge is 0.407 e. The van der Waals surface area contributed by atoms with Crippen LogP contribution in [-0.2, 0) is 48.6 Å². The quantitative estimate of drug-likeness (QED) is 0.0919. The molecule has 0 fully saturated rings. The predicted octanol–water partition coefficient (Wildman–Crippen LogP) is 5.63. The molecule has 2 aromatic carbocycles. The number of carbonyl (C=O) groups excluding carboxylic acids is 3. The Hall–Kier alpha value is -4.77. The molecule has 6 rings (SSSR count). The van der Waals surface area contributed by atoms with Gasteiger partial charge in [-0.15, -0.1) is 0 Å². The van der Waals surface area contributed by atoms with Crippen LogP contribution in [0.5, 0.6) is 0 Å². The summed E-state index contributed by atoms with van der Waals surface area (Å²) in [5.41, 5.74) is 2.36. The second kappa shape index (κ2) is 12.9. The van der Waals surface area contributed by atoms with Gasteiger partial charge in [-0.2, -0.15) is 0 Å². The summed E-state index contributed by atoms with van der Waals surface area (Å²) in [6, 6.07) is 21.3. The van der Waals surface area contributed by atoms with Crippen LogP contribution in [0, 0.1) is 0 Å². The zero-order valence-corrected chi connectivity index (χ0v) is 30.0. The van der Waals surface area contributed by atoms with Gasteiger partial charge in [0.15, 0.2) is 0 Å². The first-order chi connectivity index (χ1) is 23.2. The number of nitrogens with zero attached hydrogens (tertiary/aromatic N) is 2. The highest BCUT2D eigenvalue weighted by Gasteiger charge is 2.50. The number of amides is 1. The number of alkyl carbamates (subject to hydrolysis) is 1. The third kappa shape index (κ3) is 6.51. The molecule has 4 aromatic rings. The first-order valence-corrected chi connectivity index (χ1v) is 20.0. The standard InChI is InChI=1S/C38H43N3O7Si/c1-7-38(47-31(42)18-13-19-39-36(45)48-37(2,3)4)28-20-30-32-26(21-41(30)34(43)27(28)22-46-35(38)44)33(25-16-11-12-17-29(25)40-32)49(5,6)23-24-14-9-8-10-15-24/h8-12,14-17,20H,7,13,18-19,21-23H2,1-6H3,(H,39,45). The van der Waals surface area contributed by atoms with Crippen LogP contribution >= 0.6 is 0 Å². The lowest BCUT2D eigenvalue weighted by molar-refractivity contribution is -0.189. The Morgan fingerprint density at radius 2 is 1.76 bits per heavy atom. The molecule has 0 saturated carbocycles. The van der Waals surface area contributed by atoms with E-state index in [0.29, 0.717) is 29.1 Å². The average Bonchev–Trinajstić information content (AvgIpc) is 3.41. The molecule has 1 amide bonds. The second-order valence-corrected chi connectivity index (χ2v) is 19.1. The minimum absolute atomic E-state index is 0.0645. The molecule has 2 aromatic heterocycles. The monoisotopic (exact) mass is 681 g/mol. The Bertz CT molecular complexity index is 2020. The fourth-order valence-corrected chi connectivity index (χ4v) is 10.5. The van der Waals surface area contributed by atoms with Gasteiger partial charge in [0.25, 0.3) is 5.56 Å². The highest BCUT2D eigenvalue weighted by atomic mass is 28.3. The number of aromatic nitrogens is 2. The lowest BCUT2D eigenvalue weighted by Crippen LogP contribution is -2.47. The van der Waals surface area contributed by atoms with Gasteiger partial charge >= 0.3 is 18.0 Å². The Morgan fingerprint density at radius 1 is 1.04 bits per heavy atom. The van der Waals surface area contributed by atoms with E-state index in [1.54, 1.807) is 38.3 Å². The maximum atomic E-state index is 14.3. The molecular formula is C38H43N3O7Si. The van der Waals surface area contributed by atoms with Gasteiger partial charge < -0.3 is 24.1 Å². The van der Waals surface area contributed by atoms with Gasteiger partial charge in [0.1, 0.15) is 12.2 Å². The maximum absolute atomic E-state index is 14.3. The molecule has 1 atom stereocenters. The van der Waals surface area contributed by atoms with E-state index in [4.69, 9.17) is 19.2 Å². The highest BCUT2D eigenvalue weighted by molar-refractivity contribution is 6.91. The van der Waals surface area contributed by atoms with Gasteiger partial charge in [0.2, 0.25) is 5.60 Å². The zero-order valence-electron chi connectivity index (χ0n) is 29.0. The Morgan fingerprint density at radius 3 is 2.47 bits per heavy atom. The van der Waals surface area contributed by atoms with Crippen molar-refractivity contribution in [3.63, 3.8) is 0 Å². The van der Waals surface area contributed by atoms with Crippen LogP contribution in [0.1, 0.15) is 69.2 Å². The van der Waals surface area contributed by atoms with Gasteiger partial charge in [-0.25, -0.2) is 14.6 Å². The molecule has 2 aliphatic heterocycles. The van der Waals surface area contributed by atoms with Crippen molar-refractivity contribution in [1.29, 1.82) is 0 Å². The zero-order chi connectivity index (χ0) is 35.1. The largest absolute Gasteiger partial charge is 0.457 e. The number of cyclic esters (lactones) is 1. The van der Waals surface area contributed by atoms with Gasteiger partial charge in [0, 0.05) is 18.5 Å². The van der Waals surface area contributed by atoms with Gasteiger partial charge in [-0.3, -0.25) is 9.59 Å². The van der Waals surface area contributed by atoms with E-state index in [9.17, 15) is 19.2 Å². The molecule has 0 spiro atoms. The number of rotatable bonds is 9. The molecule has 11 heteroatoms. The first kappa shape index (κ1) is 34.1. The van der Waals surface area contributed by atoms with Gasteiger partial charge in [-0.05, 0) is 67.9 Å². The lowest BCUT2D eigenvalue weighted by atomic mass is 9.85. The summed E-state index contributed by atoms with van der Waals surface area (Å²) < 4.78 is 18.4. The molecular weight excluding hydrogens is 639 g/mol. The van der Waals surface area contributed by atoms with Crippen molar-refractivity contribution < 1.29 is 28.6 Å². The van der Waals surface area contributed by atoms with Crippen LogP contribution in [0.2, 0.25) is 13.1 Å². The minimum atomic E-state index is -2.17. The van der Waals surface area contributed by atoms with Gasteiger partial charge in [0.05, 0.1) is 37.1 Å². The Labute approximate surface area is 286 Å². The number of hydrogen-bond donors (Lipinski definition) is 1. The van der Waals surface area contributed by atoms with Crippen molar-refractivity contribution in [1.82, 2.24) is 14.9 Å². The normalized spacial score (nSPS) is 16.7. The van der Waals surface area contributed by atoms with E-state index in [0.717, 1.165) is 22.5 Å². The van der Waals surface area contributed by atoms with Crippen molar-refractivity contribution in [2.24, 2.45) is 0 Å². The van der Waals surface area contributed by atoms with Crippen molar-refractivity contribution >= 4 is 42.2 Å².